The van der Waals surface area contributed by atoms with Crippen LogP contribution in [0, 0.1) is 3.57 Å². The number of nitrogens with two attached hydrogens (primary N) is 1. The van der Waals surface area contributed by atoms with Crippen molar-refractivity contribution in [2.75, 3.05) is 5.73 Å². The van der Waals surface area contributed by atoms with Crippen molar-refractivity contribution < 1.29 is 0 Å². The number of aromatic nitrogens is 3. The average Bonchev–Trinajstić information content (AvgIpc) is 2.72. The third kappa shape index (κ3) is 1.76. The zero-order valence-electron chi connectivity index (χ0n) is 8.84. The monoisotopic (exact) mass is 336 g/mol. The SMILES string of the molecule is Nc1ccc2nnc(-c3ccccc3I)n2c1. The zero-order chi connectivity index (χ0) is 11.8. The van der Waals surface area contributed by atoms with Gasteiger partial charge in [0.05, 0.1) is 0 Å². The first-order valence-corrected chi connectivity index (χ1v) is 6.19. The molecule has 5 heteroatoms. The Balaban J connectivity index is 2.31. The molecular formula is C12H9IN4. The molecule has 2 heterocycles. The summed E-state index contributed by atoms with van der Waals surface area (Å²) in [6.07, 6.45) is 1.84. The van der Waals surface area contributed by atoms with Gasteiger partial charge in [-0.2, -0.15) is 0 Å². The number of fused-ring (bicyclic) bond motifs is 1. The van der Waals surface area contributed by atoms with Crippen molar-refractivity contribution in [3.63, 3.8) is 0 Å². The van der Waals surface area contributed by atoms with Crippen LogP contribution in [-0.4, -0.2) is 14.6 Å². The van der Waals surface area contributed by atoms with E-state index in [4.69, 9.17) is 5.73 Å². The van der Waals surface area contributed by atoms with E-state index >= 15 is 0 Å². The summed E-state index contributed by atoms with van der Waals surface area (Å²) < 4.78 is 3.05. The van der Waals surface area contributed by atoms with Crippen molar-refractivity contribution in [3.8, 4) is 11.4 Å². The van der Waals surface area contributed by atoms with Crippen LogP contribution in [0.3, 0.4) is 0 Å². The number of hydrogen-bond donors (Lipinski definition) is 1. The van der Waals surface area contributed by atoms with Crippen LogP contribution in [0.1, 0.15) is 0 Å². The molecule has 4 nitrogen and oxygen atoms in total. The molecule has 0 aliphatic rings. The molecule has 17 heavy (non-hydrogen) atoms. The highest BCUT2D eigenvalue weighted by Gasteiger charge is 2.10. The quantitative estimate of drug-likeness (QED) is 0.695. The zero-order valence-corrected chi connectivity index (χ0v) is 11.0. The van der Waals surface area contributed by atoms with E-state index in [0.717, 1.165) is 20.6 Å². The highest BCUT2D eigenvalue weighted by molar-refractivity contribution is 14.1. The summed E-state index contributed by atoms with van der Waals surface area (Å²) in [6, 6.07) is 11.8. The number of benzene rings is 1. The smallest absolute Gasteiger partial charge is 0.169 e. The number of hydrogen-bond acceptors (Lipinski definition) is 3. The molecule has 0 saturated carbocycles. The molecule has 2 aromatic heterocycles. The summed E-state index contributed by atoms with van der Waals surface area (Å²) >= 11 is 2.29. The van der Waals surface area contributed by atoms with Crippen LogP contribution in [0.25, 0.3) is 17.0 Å². The van der Waals surface area contributed by atoms with Crippen molar-refractivity contribution >= 4 is 33.9 Å². The van der Waals surface area contributed by atoms with Gasteiger partial charge in [-0.1, -0.05) is 18.2 Å². The third-order valence-corrected chi connectivity index (χ3v) is 3.48. The molecule has 84 valence electrons. The first kappa shape index (κ1) is 10.5. The molecule has 0 fully saturated rings. The fourth-order valence-electron chi connectivity index (χ4n) is 1.73. The lowest BCUT2D eigenvalue weighted by Gasteiger charge is -2.03. The number of pyridine rings is 1. The van der Waals surface area contributed by atoms with Gasteiger partial charge in [0.1, 0.15) is 0 Å². The average molecular weight is 336 g/mol. The maximum absolute atomic E-state index is 5.79. The van der Waals surface area contributed by atoms with E-state index in [-0.39, 0.29) is 0 Å². The Bertz CT molecular complexity index is 690. The molecule has 0 bridgehead atoms. The molecule has 1 aromatic carbocycles. The predicted octanol–water partition coefficient (Wildman–Crippen LogP) is 2.58. The molecule has 0 radical (unpaired) electrons. The molecule has 3 aromatic rings. The van der Waals surface area contributed by atoms with Crippen LogP contribution in [0.2, 0.25) is 0 Å². The summed E-state index contributed by atoms with van der Waals surface area (Å²) in [4.78, 5) is 0. The maximum atomic E-state index is 5.79. The van der Waals surface area contributed by atoms with Crippen LogP contribution in [0.4, 0.5) is 5.69 Å². The van der Waals surface area contributed by atoms with E-state index in [9.17, 15) is 0 Å². The summed E-state index contributed by atoms with van der Waals surface area (Å²) in [6.45, 7) is 0. The van der Waals surface area contributed by atoms with E-state index < -0.39 is 0 Å². The maximum Gasteiger partial charge on any atom is 0.169 e. The molecule has 0 unspecified atom stereocenters. The third-order valence-electron chi connectivity index (χ3n) is 2.54. The minimum atomic E-state index is 0.699. The second kappa shape index (κ2) is 3.99. The standard InChI is InChI=1S/C12H9IN4/c13-10-4-2-1-3-9(10)12-16-15-11-6-5-8(14)7-17(11)12/h1-7H,14H2. The predicted molar refractivity (Wildman–Crippen MR) is 75.6 cm³/mol. The minimum Gasteiger partial charge on any atom is -0.398 e. The van der Waals surface area contributed by atoms with Gasteiger partial charge in [-0.05, 0) is 40.8 Å². The van der Waals surface area contributed by atoms with Crippen LogP contribution >= 0.6 is 22.6 Å². The van der Waals surface area contributed by atoms with Crippen LogP contribution in [0.5, 0.6) is 0 Å². The number of nitrogens with zero attached hydrogens (tertiary/aromatic N) is 3. The lowest BCUT2D eigenvalue weighted by molar-refractivity contribution is 1.11. The van der Waals surface area contributed by atoms with E-state index in [1.807, 2.05) is 47.0 Å². The van der Waals surface area contributed by atoms with Gasteiger partial charge in [0, 0.05) is 21.0 Å². The van der Waals surface area contributed by atoms with Gasteiger partial charge < -0.3 is 5.73 Å². The second-order valence-electron chi connectivity index (χ2n) is 3.69. The molecule has 0 aliphatic heterocycles. The van der Waals surface area contributed by atoms with Crippen LogP contribution in [0.15, 0.2) is 42.6 Å². The molecule has 3 rings (SSSR count). The van der Waals surface area contributed by atoms with Crippen molar-refractivity contribution in [2.45, 2.75) is 0 Å². The molecule has 0 aliphatic carbocycles. The Hall–Kier alpha value is -1.63. The van der Waals surface area contributed by atoms with Crippen LogP contribution < -0.4 is 5.73 Å². The summed E-state index contributed by atoms with van der Waals surface area (Å²) in [5.41, 5.74) is 8.35. The van der Waals surface area contributed by atoms with Gasteiger partial charge in [-0.15, -0.1) is 10.2 Å². The Morgan fingerprint density at radius 1 is 1.06 bits per heavy atom. The number of anilines is 1. The highest BCUT2D eigenvalue weighted by atomic mass is 127. The Morgan fingerprint density at radius 3 is 2.71 bits per heavy atom. The number of halogens is 1. The van der Waals surface area contributed by atoms with Crippen molar-refractivity contribution in [1.29, 1.82) is 0 Å². The second-order valence-corrected chi connectivity index (χ2v) is 4.86. The van der Waals surface area contributed by atoms with Crippen molar-refractivity contribution in [3.05, 3.63) is 46.2 Å². The largest absolute Gasteiger partial charge is 0.398 e. The lowest BCUT2D eigenvalue weighted by atomic mass is 10.2. The van der Waals surface area contributed by atoms with E-state index in [2.05, 4.69) is 32.8 Å². The summed E-state index contributed by atoms with van der Waals surface area (Å²) in [5.74, 6) is 0.817. The normalized spacial score (nSPS) is 10.9. The first-order chi connectivity index (χ1) is 8.25. The first-order valence-electron chi connectivity index (χ1n) is 5.11. The lowest BCUT2D eigenvalue weighted by Crippen LogP contribution is -1.94. The summed E-state index contributed by atoms with van der Waals surface area (Å²) in [7, 11) is 0. The topological polar surface area (TPSA) is 56.2 Å². The molecule has 0 spiro atoms. The van der Waals surface area contributed by atoms with Gasteiger partial charge in [-0.3, -0.25) is 4.40 Å². The molecular weight excluding hydrogens is 327 g/mol. The Morgan fingerprint density at radius 2 is 1.88 bits per heavy atom. The van der Waals surface area contributed by atoms with E-state index in [0.29, 0.717) is 5.69 Å². The molecule has 0 amide bonds. The Labute approximate surface area is 112 Å². The highest BCUT2D eigenvalue weighted by Crippen LogP contribution is 2.24. The molecule has 2 N–H and O–H groups in total. The summed E-state index contributed by atoms with van der Waals surface area (Å²) in [5, 5.41) is 8.35. The fraction of sp³-hybridized carbons (Fsp3) is 0. The van der Waals surface area contributed by atoms with Gasteiger partial charge >= 0.3 is 0 Å². The van der Waals surface area contributed by atoms with Gasteiger partial charge in [0.2, 0.25) is 0 Å². The van der Waals surface area contributed by atoms with Gasteiger partial charge in [0.15, 0.2) is 11.5 Å². The molecule has 0 saturated heterocycles. The van der Waals surface area contributed by atoms with Crippen molar-refractivity contribution in [2.24, 2.45) is 0 Å². The molecule has 0 atom stereocenters. The fourth-order valence-corrected chi connectivity index (χ4v) is 2.36. The van der Waals surface area contributed by atoms with E-state index in [1.54, 1.807) is 0 Å². The number of rotatable bonds is 1. The minimum absolute atomic E-state index is 0.699. The van der Waals surface area contributed by atoms with Gasteiger partial charge in [-0.25, -0.2) is 0 Å². The Kier molecular flexibility index (Phi) is 2.47. The van der Waals surface area contributed by atoms with E-state index in [1.165, 1.54) is 0 Å². The van der Waals surface area contributed by atoms with Gasteiger partial charge in [0.25, 0.3) is 0 Å². The van der Waals surface area contributed by atoms with Crippen LogP contribution in [-0.2, 0) is 0 Å². The number of nitrogen functional groups attached to an aromatic ring is 1. The van der Waals surface area contributed by atoms with Crippen molar-refractivity contribution in [1.82, 2.24) is 14.6 Å².